The highest BCUT2D eigenvalue weighted by Crippen LogP contribution is 2.36. The third kappa shape index (κ3) is 5.72. The minimum Gasteiger partial charge on any atom is -0.493 e. The third-order valence-electron chi connectivity index (χ3n) is 5.73. The van der Waals surface area contributed by atoms with E-state index in [0.717, 1.165) is 0 Å². The van der Waals surface area contributed by atoms with E-state index in [4.69, 9.17) is 18.9 Å². The number of benzene rings is 3. The number of Topliss-reactive ketones (excluding diaryl/α,β-unsaturated/α-hetero) is 1. The zero-order valence-electron chi connectivity index (χ0n) is 20.9. The number of fused-ring (bicyclic) bond motifs is 1. The average molecular weight is 503 g/mol. The Balaban J connectivity index is 1.38. The van der Waals surface area contributed by atoms with Crippen LogP contribution >= 0.6 is 0 Å². The molecule has 0 spiro atoms. The molecule has 0 unspecified atom stereocenters. The van der Waals surface area contributed by atoms with Crippen LogP contribution in [0.3, 0.4) is 0 Å². The molecule has 3 aromatic rings. The normalized spacial score (nSPS) is 13.0. The van der Waals surface area contributed by atoms with Gasteiger partial charge in [-0.2, -0.15) is 0 Å². The van der Waals surface area contributed by atoms with Gasteiger partial charge in [0.2, 0.25) is 11.7 Å². The molecule has 1 N–H and O–H groups in total. The number of ketones is 1. The molecular weight excluding hydrogens is 476 g/mol. The van der Waals surface area contributed by atoms with Gasteiger partial charge in [-0.3, -0.25) is 14.4 Å². The molecule has 3 aromatic carbocycles. The van der Waals surface area contributed by atoms with Crippen LogP contribution in [0.1, 0.15) is 22.8 Å². The molecule has 0 saturated carbocycles. The van der Waals surface area contributed by atoms with Gasteiger partial charge >= 0.3 is 0 Å². The van der Waals surface area contributed by atoms with Crippen molar-refractivity contribution in [1.82, 2.24) is 0 Å². The number of nitrogens with zero attached hydrogens (tertiary/aromatic N) is 1. The van der Waals surface area contributed by atoms with Gasteiger partial charge in [0, 0.05) is 31.4 Å². The minimum absolute atomic E-state index is 0.0891. The molecule has 37 heavy (non-hydrogen) atoms. The highest BCUT2D eigenvalue weighted by atomic mass is 16.5. The first-order chi connectivity index (χ1) is 17.8. The number of allylic oxidation sites excluding steroid dienone is 1. The Morgan fingerprint density at radius 2 is 1.70 bits per heavy atom. The van der Waals surface area contributed by atoms with E-state index in [9.17, 15) is 14.4 Å². The number of carbonyl (C=O) groups is 3. The van der Waals surface area contributed by atoms with Gasteiger partial charge in [-0.05, 0) is 60.2 Å². The molecule has 0 atom stereocenters. The first-order valence-corrected chi connectivity index (χ1v) is 11.4. The minimum atomic E-state index is -0.362. The predicted molar refractivity (Wildman–Crippen MR) is 139 cm³/mol. The zero-order chi connectivity index (χ0) is 26.5. The summed E-state index contributed by atoms with van der Waals surface area (Å²) < 4.78 is 21.9. The van der Waals surface area contributed by atoms with E-state index < -0.39 is 0 Å². The van der Waals surface area contributed by atoms with E-state index in [-0.39, 0.29) is 30.0 Å². The number of ether oxygens (including phenoxy) is 4. The summed E-state index contributed by atoms with van der Waals surface area (Å²) in [6.07, 6.45) is 1.62. The molecule has 4 rings (SSSR count). The fourth-order valence-corrected chi connectivity index (χ4v) is 3.65. The van der Waals surface area contributed by atoms with Crippen molar-refractivity contribution in [1.29, 1.82) is 0 Å². The van der Waals surface area contributed by atoms with Gasteiger partial charge in [0.1, 0.15) is 11.5 Å². The zero-order valence-corrected chi connectivity index (χ0v) is 20.9. The lowest BCUT2D eigenvalue weighted by atomic mass is 10.1. The van der Waals surface area contributed by atoms with Gasteiger partial charge in [0.15, 0.2) is 23.9 Å². The maximum absolute atomic E-state index is 12.8. The Morgan fingerprint density at radius 3 is 2.38 bits per heavy atom. The SMILES string of the molecule is COc1ccc(C=C2Oc3cc(OCC(=O)Nc4ccc(N(C)C(C)=O)cc4)ccc3C2=O)cc1OC. The van der Waals surface area contributed by atoms with Crippen LogP contribution in [-0.2, 0) is 9.59 Å². The maximum Gasteiger partial charge on any atom is 0.262 e. The van der Waals surface area contributed by atoms with Crippen LogP contribution in [0.25, 0.3) is 6.08 Å². The lowest BCUT2D eigenvalue weighted by Gasteiger charge is -2.15. The Labute approximate surface area is 214 Å². The van der Waals surface area contributed by atoms with E-state index in [1.807, 2.05) is 0 Å². The molecule has 0 fully saturated rings. The topological polar surface area (TPSA) is 103 Å². The smallest absolute Gasteiger partial charge is 0.262 e. The van der Waals surface area contributed by atoms with Crippen LogP contribution in [0, 0.1) is 0 Å². The molecule has 0 aliphatic carbocycles. The molecule has 1 aliphatic heterocycles. The summed E-state index contributed by atoms with van der Waals surface area (Å²) in [4.78, 5) is 38.1. The van der Waals surface area contributed by atoms with Gasteiger partial charge < -0.3 is 29.2 Å². The number of hydrogen-bond donors (Lipinski definition) is 1. The molecule has 1 heterocycles. The number of methoxy groups -OCH3 is 2. The Bertz CT molecular complexity index is 1380. The van der Waals surface area contributed by atoms with E-state index in [1.54, 1.807) is 80.9 Å². The number of rotatable bonds is 8. The molecular formula is C28H26N2O7. The molecule has 0 aromatic heterocycles. The van der Waals surface area contributed by atoms with Gasteiger partial charge in [-0.1, -0.05) is 6.07 Å². The van der Waals surface area contributed by atoms with Crippen molar-refractivity contribution in [3.63, 3.8) is 0 Å². The molecule has 2 amide bonds. The summed E-state index contributed by atoms with van der Waals surface area (Å²) >= 11 is 0. The molecule has 9 heteroatoms. The third-order valence-corrected chi connectivity index (χ3v) is 5.73. The second kappa shape index (κ2) is 10.9. The summed E-state index contributed by atoms with van der Waals surface area (Å²) in [5, 5.41) is 2.74. The molecule has 0 bridgehead atoms. The molecule has 190 valence electrons. The van der Waals surface area contributed by atoms with Crippen molar-refractivity contribution in [2.75, 3.05) is 38.1 Å². The second-order valence-electron chi connectivity index (χ2n) is 8.17. The molecule has 1 aliphatic rings. The second-order valence-corrected chi connectivity index (χ2v) is 8.17. The Kier molecular flexibility index (Phi) is 7.43. The van der Waals surface area contributed by atoms with Gasteiger partial charge in [0.05, 0.1) is 19.8 Å². The van der Waals surface area contributed by atoms with Crippen LogP contribution in [0.5, 0.6) is 23.0 Å². The van der Waals surface area contributed by atoms with E-state index in [1.165, 1.54) is 18.9 Å². The summed E-state index contributed by atoms with van der Waals surface area (Å²) in [6.45, 7) is 1.23. The Hall–Kier alpha value is -4.79. The standard InChI is InChI=1S/C28H26N2O7/c1-17(31)30(2)20-8-6-19(7-9-20)29-27(32)16-36-21-10-11-22-24(15-21)37-26(28(22)33)14-18-5-12-23(34-3)25(13-18)35-4/h5-15H,16H2,1-4H3,(H,29,32). The van der Waals surface area contributed by atoms with Crippen LogP contribution in [0.4, 0.5) is 11.4 Å². The quantitative estimate of drug-likeness (QED) is 0.458. The van der Waals surface area contributed by atoms with Crippen molar-refractivity contribution in [2.45, 2.75) is 6.92 Å². The lowest BCUT2D eigenvalue weighted by Crippen LogP contribution is -2.23. The first kappa shape index (κ1) is 25.3. The lowest BCUT2D eigenvalue weighted by molar-refractivity contribution is -0.118. The summed E-state index contributed by atoms with van der Waals surface area (Å²) in [5.74, 6) is 1.30. The number of amides is 2. The summed E-state index contributed by atoms with van der Waals surface area (Å²) in [7, 11) is 4.76. The maximum atomic E-state index is 12.8. The first-order valence-electron chi connectivity index (χ1n) is 11.4. The number of carbonyl (C=O) groups excluding carboxylic acids is 3. The van der Waals surface area contributed by atoms with Crippen molar-refractivity contribution in [3.8, 4) is 23.0 Å². The summed E-state index contributed by atoms with van der Waals surface area (Å²) in [5.41, 5.74) is 2.40. The van der Waals surface area contributed by atoms with Gasteiger partial charge in [0.25, 0.3) is 5.91 Å². The van der Waals surface area contributed by atoms with Crippen molar-refractivity contribution in [3.05, 3.63) is 77.5 Å². The Morgan fingerprint density at radius 1 is 0.973 bits per heavy atom. The van der Waals surface area contributed by atoms with E-state index in [2.05, 4.69) is 5.32 Å². The highest BCUT2D eigenvalue weighted by molar-refractivity contribution is 6.14. The molecule has 0 saturated heterocycles. The van der Waals surface area contributed by atoms with Crippen molar-refractivity contribution in [2.24, 2.45) is 0 Å². The summed E-state index contributed by atoms with van der Waals surface area (Å²) in [6, 6.07) is 16.9. The highest BCUT2D eigenvalue weighted by Gasteiger charge is 2.28. The van der Waals surface area contributed by atoms with Crippen molar-refractivity contribution < 1.29 is 33.3 Å². The number of hydrogen-bond acceptors (Lipinski definition) is 7. The van der Waals surface area contributed by atoms with Crippen LogP contribution in [0.15, 0.2) is 66.4 Å². The van der Waals surface area contributed by atoms with Crippen LogP contribution in [-0.4, -0.2) is 45.5 Å². The number of anilines is 2. The van der Waals surface area contributed by atoms with Gasteiger partial charge in [-0.25, -0.2) is 0 Å². The molecule has 0 radical (unpaired) electrons. The van der Waals surface area contributed by atoms with Gasteiger partial charge in [-0.15, -0.1) is 0 Å². The van der Waals surface area contributed by atoms with Crippen molar-refractivity contribution >= 4 is 35.0 Å². The predicted octanol–water partition coefficient (Wildman–Crippen LogP) is 4.32. The van der Waals surface area contributed by atoms with E-state index >= 15 is 0 Å². The average Bonchev–Trinajstić information content (AvgIpc) is 3.21. The fraction of sp³-hybridized carbons (Fsp3) is 0.179. The van der Waals surface area contributed by atoms with Crippen LogP contribution < -0.4 is 29.2 Å². The largest absolute Gasteiger partial charge is 0.493 e. The monoisotopic (exact) mass is 502 g/mol. The van der Waals surface area contributed by atoms with Crippen LogP contribution in [0.2, 0.25) is 0 Å². The fourth-order valence-electron chi connectivity index (χ4n) is 3.65. The molecule has 9 nitrogen and oxygen atoms in total. The van der Waals surface area contributed by atoms with E-state index in [0.29, 0.717) is 45.5 Å². The number of nitrogens with one attached hydrogen (secondary N) is 1.